The van der Waals surface area contributed by atoms with E-state index in [0.29, 0.717) is 23.5 Å². The predicted molar refractivity (Wildman–Crippen MR) is 166 cm³/mol. The molecule has 1 saturated heterocycles. The van der Waals surface area contributed by atoms with Crippen LogP contribution in [0, 0.1) is 6.92 Å². The van der Waals surface area contributed by atoms with E-state index in [-0.39, 0.29) is 10.8 Å². The average molecular weight is 580 g/mol. The molecule has 0 unspecified atom stereocenters. The van der Waals surface area contributed by atoms with Gasteiger partial charge < -0.3 is 24.3 Å². The molecule has 1 amide bonds. The minimum atomic E-state index is -3.81. The number of anilines is 2. The quantitative estimate of drug-likeness (QED) is 0.391. The Hall–Kier alpha value is -3.60. The standard InChI is InChI=1S/C31H41N5O4S/c1-23-21-25(31(37)35(5)18-15-33(2)3)9-13-28(23)24-7-11-27(12-8-24)41(38,39)32-26-10-14-30(40-6)29(22-26)36-19-16-34(4)17-20-36/h7-14,21-22,32H,15-20H2,1-6H3. The number of sulfonamides is 1. The highest BCUT2D eigenvalue weighted by molar-refractivity contribution is 7.92. The molecular formula is C31H41N5O4S. The van der Waals surface area contributed by atoms with Crippen LogP contribution in [-0.4, -0.2) is 104 Å². The van der Waals surface area contributed by atoms with E-state index in [1.54, 1.807) is 55.5 Å². The van der Waals surface area contributed by atoms with Gasteiger partial charge in [0.2, 0.25) is 0 Å². The molecule has 1 aliphatic rings. The monoisotopic (exact) mass is 579 g/mol. The highest BCUT2D eigenvalue weighted by Crippen LogP contribution is 2.33. The number of ether oxygens (including phenoxy) is 1. The number of methoxy groups -OCH3 is 1. The van der Waals surface area contributed by atoms with Gasteiger partial charge in [-0.05, 0) is 87.2 Å². The highest BCUT2D eigenvalue weighted by atomic mass is 32.2. The number of aryl methyl sites for hydroxylation is 1. The molecule has 9 nitrogen and oxygen atoms in total. The summed E-state index contributed by atoms with van der Waals surface area (Å²) in [5.74, 6) is 0.688. The molecule has 0 bridgehead atoms. The summed E-state index contributed by atoms with van der Waals surface area (Å²) in [6.07, 6.45) is 0. The second kappa shape index (κ2) is 12.9. The van der Waals surface area contributed by atoms with Gasteiger partial charge in [-0.15, -0.1) is 0 Å². The second-order valence-corrected chi connectivity index (χ2v) is 12.5. The first kappa shape index (κ1) is 30.4. The van der Waals surface area contributed by atoms with Crippen LogP contribution in [-0.2, 0) is 10.0 Å². The van der Waals surface area contributed by atoms with Crippen LogP contribution in [0.2, 0.25) is 0 Å². The molecule has 1 fully saturated rings. The topological polar surface area (TPSA) is 85.4 Å². The lowest BCUT2D eigenvalue weighted by molar-refractivity contribution is 0.0786. The van der Waals surface area contributed by atoms with Crippen molar-refractivity contribution in [2.24, 2.45) is 0 Å². The minimum Gasteiger partial charge on any atom is -0.495 e. The van der Waals surface area contributed by atoms with Gasteiger partial charge in [-0.3, -0.25) is 9.52 Å². The maximum atomic E-state index is 13.3. The zero-order valence-corrected chi connectivity index (χ0v) is 25.7. The zero-order chi connectivity index (χ0) is 29.7. The number of carbonyl (C=O) groups is 1. The Bertz CT molecular complexity index is 1470. The van der Waals surface area contributed by atoms with Crippen LogP contribution in [0.3, 0.4) is 0 Å². The van der Waals surface area contributed by atoms with E-state index in [2.05, 4.69) is 21.6 Å². The van der Waals surface area contributed by atoms with Gasteiger partial charge in [0, 0.05) is 51.9 Å². The van der Waals surface area contributed by atoms with Crippen LogP contribution in [0.25, 0.3) is 11.1 Å². The van der Waals surface area contributed by atoms with E-state index < -0.39 is 10.0 Å². The molecule has 0 saturated carbocycles. The molecule has 1 N–H and O–H groups in total. The number of benzene rings is 3. The fourth-order valence-electron chi connectivity index (χ4n) is 4.87. The van der Waals surface area contributed by atoms with Crippen molar-refractivity contribution in [3.05, 3.63) is 71.8 Å². The summed E-state index contributed by atoms with van der Waals surface area (Å²) in [6, 6.07) is 17.8. The van der Waals surface area contributed by atoms with Crippen molar-refractivity contribution in [1.82, 2.24) is 14.7 Å². The molecule has 0 aliphatic carbocycles. The normalized spacial score (nSPS) is 14.3. The Balaban J connectivity index is 1.49. The third kappa shape index (κ3) is 7.38. The number of nitrogens with zero attached hydrogens (tertiary/aromatic N) is 4. The lowest BCUT2D eigenvalue weighted by atomic mass is 9.98. The van der Waals surface area contributed by atoms with E-state index in [9.17, 15) is 13.2 Å². The molecule has 0 aromatic heterocycles. The first-order valence-electron chi connectivity index (χ1n) is 13.7. The van der Waals surface area contributed by atoms with Gasteiger partial charge in [0.1, 0.15) is 5.75 Å². The van der Waals surface area contributed by atoms with E-state index >= 15 is 0 Å². The average Bonchev–Trinajstić information content (AvgIpc) is 2.95. The van der Waals surface area contributed by atoms with Crippen LogP contribution >= 0.6 is 0 Å². The number of carbonyl (C=O) groups excluding carboxylic acids is 1. The van der Waals surface area contributed by atoms with Gasteiger partial charge in [0.05, 0.1) is 23.4 Å². The summed E-state index contributed by atoms with van der Waals surface area (Å²) in [7, 11) is 5.67. The van der Waals surface area contributed by atoms with Crippen molar-refractivity contribution in [2.75, 3.05) is 84.2 Å². The Kier molecular flexibility index (Phi) is 9.57. The van der Waals surface area contributed by atoms with E-state index in [1.807, 2.05) is 50.2 Å². The van der Waals surface area contributed by atoms with Gasteiger partial charge in [-0.25, -0.2) is 8.42 Å². The van der Waals surface area contributed by atoms with Crippen molar-refractivity contribution in [1.29, 1.82) is 0 Å². The highest BCUT2D eigenvalue weighted by Gasteiger charge is 2.21. The molecular weight excluding hydrogens is 538 g/mol. The number of amides is 1. The van der Waals surface area contributed by atoms with E-state index in [4.69, 9.17) is 4.74 Å². The lowest BCUT2D eigenvalue weighted by Gasteiger charge is -2.35. The smallest absolute Gasteiger partial charge is 0.261 e. The van der Waals surface area contributed by atoms with Crippen LogP contribution < -0.4 is 14.4 Å². The van der Waals surface area contributed by atoms with E-state index in [1.165, 1.54) is 0 Å². The van der Waals surface area contributed by atoms with Crippen molar-refractivity contribution >= 4 is 27.3 Å². The van der Waals surface area contributed by atoms with Gasteiger partial charge in [0.25, 0.3) is 15.9 Å². The van der Waals surface area contributed by atoms with Gasteiger partial charge >= 0.3 is 0 Å². The number of piperazine rings is 1. The Morgan fingerprint density at radius 3 is 2.22 bits per heavy atom. The van der Waals surface area contributed by atoms with Crippen LogP contribution in [0.5, 0.6) is 5.75 Å². The summed E-state index contributed by atoms with van der Waals surface area (Å²) in [5.41, 5.74) is 4.75. The largest absolute Gasteiger partial charge is 0.495 e. The third-order valence-corrected chi connectivity index (χ3v) is 8.85. The van der Waals surface area contributed by atoms with Gasteiger partial charge in [-0.2, -0.15) is 0 Å². The molecule has 4 rings (SSSR count). The molecule has 220 valence electrons. The zero-order valence-electron chi connectivity index (χ0n) is 24.8. The maximum absolute atomic E-state index is 13.3. The lowest BCUT2D eigenvalue weighted by Crippen LogP contribution is -2.44. The molecule has 1 heterocycles. The number of nitrogens with one attached hydrogen (secondary N) is 1. The fraction of sp³-hybridized carbons (Fsp3) is 0.387. The molecule has 3 aromatic rings. The number of hydrogen-bond acceptors (Lipinski definition) is 7. The first-order valence-corrected chi connectivity index (χ1v) is 15.2. The van der Waals surface area contributed by atoms with Crippen molar-refractivity contribution in [2.45, 2.75) is 11.8 Å². The fourth-order valence-corrected chi connectivity index (χ4v) is 5.92. The Morgan fingerprint density at radius 2 is 1.61 bits per heavy atom. The number of likely N-dealkylation sites (N-methyl/N-ethyl adjacent to an activating group) is 3. The van der Waals surface area contributed by atoms with Crippen molar-refractivity contribution < 1.29 is 17.9 Å². The number of hydrogen-bond donors (Lipinski definition) is 1. The van der Waals surface area contributed by atoms with Gasteiger partial charge in [-0.1, -0.05) is 18.2 Å². The molecule has 1 aliphatic heterocycles. The Morgan fingerprint density at radius 1 is 0.927 bits per heavy atom. The summed E-state index contributed by atoms with van der Waals surface area (Å²) in [6.45, 7) is 6.93. The predicted octanol–water partition coefficient (Wildman–Crippen LogP) is 3.86. The SMILES string of the molecule is COc1ccc(NS(=O)(=O)c2ccc(-c3ccc(C(=O)N(C)CCN(C)C)cc3C)cc2)cc1N1CCN(C)CC1. The second-order valence-electron chi connectivity index (χ2n) is 10.9. The molecule has 3 aromatic carbocycles. The summed E-state index contributed by atoms with van der Waals surface area (Å²) >= 11 is 0. The maximum Gasteiger partial charge on any atom is 0.261 e. The third-order valence-electron chi connectivity index (χ3n) is 7.45. The first-order chi connectivity index (χ1) is 19.5. The van der Waals surface area contributed by atoms with Crippen LogP contribution in [0.4, 0.5) is 11.4 Å². The molecule has 0 spiro atoms. The van der Waals surface area contributed by atoms with Crippen molar-refractivity contribution in [3.8, 4) is 16.9 Å². The summed E-state index contributed by atoms with van der Waals surface area (Å²) in [5, 5.41) is 0. The molecule has 0 radical (unpaired) electrons. The van der Waals surface area contributed by atoms with Gasteiger partial charge in [0.15, 0.2) is 0 Å². The molecule has 10 heteroatoms. The Labute approximate surface area is 244 Å². The van der Waals surface area contributed by atoms with Crippen molar-refractivity contribution in [3.63, 3.8) is 0 Å². The number of rotatable bonds is 10. The summed E-state index contributed by atoms with van der Waals surface area (Å²) < 4.78 is 34.8. The molecule has 41 heavy (non-hydrogen) atoms. The van der Waals surface area contributed by atoms with Crippen LogP contribution in [0.15, 0.2) is 65.6 Å². The van der Waals surface area contributed by atoms with Crippen LogP contribution in [0.1, 0.15) is 15.9 Å². The molecule has 0 atom stereocenters. The van der Waals surface area contributed by atoms with E-state index in [0.717, 1.165) is 55.1 Å². The summed E-state index contributed by atoms with van der Waals surface area (Å²) in [4.78, 5) is 21.3. The minimum absolute atomic E-state index is 0.0247.